The van der Waals surface area contributed by atoms with Crippen molar-refractivity contribution in [2.24, 2.45) is 0 Å². The zero-order valence-corrected chi connectivity index (χ0v) is 16.9. The molecule has 2 aromatic rings. The molecule has 0 radical (unpaired) electrons. The topological polar surface area (TPSA) is 32.8 Å². The summed E-state index contributed by atoms with van der Waals surface area (Å²) in [6.07, 6.45) is 3.36. The minimum absolute atomic E-state index is 0.673. The highest BCUT2D eigenvalue weighted by atomic mass is 33.1. The van der Waals surface area contributed by atoms with Crippen molar-refractivity contribution in [3.8, 4) is 0 Å². The van der Waals surface area contributed by atoms with Crippen LogP contribution in [0.2, 0.25) is 0 Å². The number of furan rings is 2. The minimum Gasteiger partial charge on any atom is -0.467 e. The third-order valence-corrected chi connectivity index (χ3v) is 7.05. The molecule has 0 aliphatic rings. The van der Waals surface area contributed by atoms with E-state index in [1.54, 1.807) is 12.5 Å². The fourth-order valence-electron chi connectivity index (χ4n) is 1.97. The van der Waals surface area contributed by atoms with E-state index in [1.807, 2.05) is 24.3 Å². The first-order valence-electron chi connectivity index (χ1n) is 7.61. The molecule has 0 atom stereocenters. The van der Waals surface area contributed by atoms with Gasteiger partial charge < -0.3 is 18.6 Å². The molecule has 130 valence electrons. The van der Waals surface area contributed by atoms with Crippen LogP contribution in [0.4, 0.5) is 0 Å². The van der Waals surface area contributed by atoms with Crippen molar-refractivity contribution in [1.82, 2.24) is 9.80 Å². The zero-order valence-electron chi connectivity index (χ0n) is 13.6. The molecule has 4 nitrogen and oxygen atoms in total. The van der Waals surface area contributed by atoms with Crippen LogP contribution in [-0.4, -0.2) is 31.5 Å². The molecule has 0 saturated heterocycles. The lowest BCUT2D eigenvalue weighted by atomic mass is 10.4. The number of rotatable bonds is 6. The molecule has 0 fully saturated rings. The first-order chi connectivity index (χ1) is 11.6. The Kier molecular flexibility index (Phi) is 8.17. The van der Waals surface area contributed by atoms with Gasteiger partial charge in [0.2, 0.25) is 0 Å². The number of nitrogens with zero attached hydrogens (tertiary/aromatic N) is 2. The van der Waals surface area contributed by atoms with E-state index in [4.69, 9.17) is 33.3 Å². The van der Waals surface area contributed by atoms with E-state index >= 15 is 0 Å². The van der Waals surface area contributed by atoms with Crippen LogP contribution in [0.5, 0.6) is 0 Å². The van der Waals surface area contributed by atoms with Crippen molar-refractivity contribution >= 4 is 54.7 Å². The Hall–Kier alpha value is -0.960. The summed E-state index contributed by atoms with van der Waals surface area (Å²) in [5, 5.41) is 0. The van der Waals surface area contributed by atoms with E-state index < -0.39 is 0 Å². The Morgan fingerprint density at radius 2 is 1.29 bits per heavy atom. The van der Waals surface area contributed by atoms with Gasteiger partial charge >= 0.3 is 0 Å². The largest absolute Gasteiger partial charge is 0.467 e. The van der Waals surface area contributed by atoms with Crippen LogP contribution in [0.15, 0.2) is 45.6 Å². The molecule has 0 aliphatic heterocycles. The summed E-state index contributed by atoms with van der Waals surface area (Å²) in [4.78, 5) is 4.19. The molecule has 8 heteroatoms. The molecule has 0 bridgehead atoms. The Morgan fingerprint density at radius 1 is 0.875 bits per heavy atom. The molecule has 24 heavy (non-hydrogen) atoms. The lowest BCUT2D eigenvalue weighted by Crippen LogP contribution is -2.28. The van der Waals surface area contributed by atoms with Crippen LogP contribution in [0, 0.1) is 0 Å². The van der Waals surface area contributed by atoms with E-state index in [0.29, 0.717) is 13.1 Å². The Labute approximate surface area is 161 Å². The molecule has 0 spiro atoms. The van der Waals surface area contributed by atoms with Crippen LogP contribution in [0.3, 0.4) is 0 Å². The van der Waals surface area contributed by atoms with Crippen molar-refractivity contribution in [2.45, 2.75) is 26.9 Å². The second kappa shape index (κ2) is 10.1. The first kappa shape index (κ1) is 19.4. The predicted molar refractivity (Wildman–Crippen MR) is 110 cm³/mol. The van der Waals surface area contributed by atoms with Gasteiger partial charge in [0.05, 0.1) is 25.6 Å². The minimum atomic E-state index is 0.673. The highest BCUT2D eigenvalue weighted by Gasteiger charge is 2.15. The lowest BCUT2D eigenvalue weighted by molar-refractivity contribution is 0.384. The monoisotopic (exact) mass is 400 g/mol. The van der Waals surface area contributed by atoms with Crippen molar-refractivity contribution in [2.75, 3.05) is 13.1 Å². The van der Waals surface area contributed by atoms with Gasteiger partial charge in [0.1, 0.15) is 20.2 Å². The van der Waals surface area contributed by atoms with Crippen molar-refractivity contribution < 1.29 is 8.83 Å². The van der Waals surface area contributed by atoms with E-state index in [1.165, 1.54) is 21.6 Å². The van der Waals surface area contributed by atoms with Crippen LogP contribution in [0.25, 0.3) is 0 Å². The molecule has 0 saturated carbocycles. The van der Waals surface area contributed by atoms with E-state index in [2.05, 4.69) is 23.6 Å². The van der Waals surface area contributed by atoms with Gasteiger partial charge in [0.15, 0.2) is 0 Å². The van der Waals surface area contributed by atoms with Gasteiger partial charge in [-0.2, -0.15) is 0 Å². The number of hydrogen-bond acceptors (Lipinski definition) is 6. The maximum atomic E-state index is 5.53. The van der Waals surface area contributed by atoms with Gasteiger partial charge in [-0.1, -0.05) is 24.4 Å². The normalized spacial score (nSPS) is 10.6. The molecule has 2 rings (SSSR count). The third-order valence-electron chi connectivity index (χ3n) is 3.32. The number of hydrogen-bond donors (Lipinski definition) is 0. The first-order valence-corrected chi connectivity index (χ1v) is 10.6. The second-order valence-corrected chi connectivity index (χ2v) is 8.28. The van der Waals surface area contributed by atoms with Gasteiger partial charge in [-0.3, -0.25) is 0 Å². The van der Waals surface area contributed by atoms with Crippen molar-refractivity contribution in [3.63, 3.8) is 0 Å². The Bertz CT molecular complexity index is 572. The number of thiocarbonyl (C=S) groups is 2. The predicted octanol–water partition coefficient (Wildman–Crippen LogP) is 5.17. The summed E-state index contributed by atoms with van der Waals surface area (Å²) in [7, 11) is 3.03. The van der Waals surface area contributed by atoms with Gasteiger partial charge in [-0.15, -0.1) is 0 Å². The van der Waals surface area contributed by atoms with Gasteiger partial charge in [0.25, 0.3) is 0 Å². The second-order valence-electron chi connectivity index (χ2n) is 4.89. The summed E-state index contributed by atoms with van der Waals surface area (Å²) in [5.74, 6) is 1.81. The highest BCUT2D eigenvalue weighted by molar-refractivity contribution is 8.89. The summed E-state index contributed by atoms with van der Waals surface area (Å²) in [6.45, 7) is 7.15. The van der Waals surface area contributed by atoms with Crippen LogP contribution in [-0.2, 0) is 13.1 Å². The fraction of sp³-hybridized carbons (Fsp3) is 0.375. The fourth-order valence-corrected chi connectivity index (χ4v) is 4.77. The van der Waals surface area contributed by atoms with Crippen molar-refractivity contribution in [1.29, 1.82) is 0 Å². The van der Waals surface area contributed by atoms with E-state index in [-0.39, 0.29) is 0 Å². The average Bonchev–Trinajstić information content (AvgIpc) is 3.28. The molecule has 2 aromatic heterocycles. The molecule has 0 N–H and O–H groups in total. The van der Waals surface area contributed by atoms with E-state index in [9.17, 15) is 0 Å². The molecule has 0 aromatic carbocycles. The average molecular weight is 401 g/mol. The summed E-state index contributed by atoms with van der Waals surface area (Å²) >= 11 is 11.1. The Balaban J connectivity index is 1.83. The quantitative estimate of drug-likeness (QED) is 0.485. The highest BCUT2D eigenvalue weighted by Crippen LogP contribution is 2.29. The zero-order chi connectivity index (χ0) is 17.4. The summed E-state index contributed by atoms with van der Waals surface area (Å²) in [5.41, 5.74) is 0. The lowest BCUT2D eigenvalue weighted by Gasteiger charge is -2.24. The van der Waals surface area contributed by atoms with Crippen molar-refractivity contribution in [3.05, 3.63) is 48.3 Å². The molecular weight excluding hydrogens is 380 g/mol. The molecular formula is C16H20N2O2S4. The molecule has 2 heterocycles. The van der Waals surface area contributed by atoms with Gasteiger partial charge in [-0.05, 0) is 59.7 Å². The SMILES string of the molecule is CCN(Cc1ccco1)C(=S)SSC(=S)N(CC)Cc1ccco1. The van der Waals surface area contributed by atoms with Crippen LogP contribution in [0.1, 0.15) is 25.4 Å². The maximum Gasteiger partial charge on any atom is 0.147 e. The summed E-state index contributed by atoms with van der Waals surface area (Å²) < 4.78 is 12.4. The smallest absolute Gasteiger partial charge is 0.147 e. The summed E-state index contributed by atoms with van der Waals surface area (Å²) in [6, 6.07) is 7.68. The molecule has 0 amide bonds. The van der Waals surface area contributed by atoms with Gasteiger partial charge in [-0.25, -0.2) is 0 Å². The third kappa shape index (κ3) is 5.84. The molecule has 0 unspecified atom stereocenters. The maximum absolute atomic E-state index is 5.53. The van der Waals surface area contributed by atoms with Crippen LogP contribution < -0.4 is 0 Å². The Morgan fingerprint density at radius 3 is 1.58 bits per heavy atom. The molecule has 0 aliphatic carbocycles. The van der Waals surface area contributed by atoms with Crippen LogP contribution >= 0.6 is 46.0 Å². The van der Waals surface area contributed by atoms with E-state index in [0.717, 1.165) is 33.3 Å². The van der Waals surface area contributed by atoms with Gasteiger partial charge in [0, 0.05) is 13.1 Å². The standard InChI is InChI=1S/C16H20N2O2S4/c1-3-17(11-13-7-5-9-19-13)15(21)23-24-16(22)18(4-2)12-14-8-6-10-20-14/h5-10H,3-4,11-12H2,1-2H3.